The Morgan fingerprint density at radius 1 is 1.19 bits per heavy atom. The van der Waals surface area contributed by atoms with Crippen molar-refractivity contribution in [3.8, 4) is 0 Å². The highest BCUT2D eigenvalue weighted by Gasteiger charge is 2.33. The van der Waals surface area contributed by atoms with Gasteiger partial charge in [-0.15, -0.1) is 0 Å². The number of sulfone groups is 1. The Kier molecular flexibility index (Phi) is 4.67. The lowest BCUT2D eigenvalue weighted by Crippen LogP contribution is -2.47. The number of nitrogens with one attached hydrogen (secondary N) is 2. The van der Waals surface area contributed by atoms with Gasteiger partial charge in [0.1, 0.15) is 5.69 Å². The molecule has 2 saturated heterocycles. The molecule has 0 saturated carbocycles. The van der Waals surface area contributed by atoms with Crippen LogP contribution in [0.4, 0.5) is 0 Å². The number of aromatic amines is 1. The lowest BCUT2D eigenvalue weighted by Gasteiger charge is -2.32. The molecule has 0 aliphatic carbocycles. The molecule has 2 aromatic rings. The van der Waals surface area contributed by atoms with Gasteiger partial charge in [-0.3, -0.25) is 9.59 Å². The fourth-order valence-corrected chi connectivity index (χ4v) is 5.64. The van der Waals surface area contributed by atoms with Crippen LogP contribution in [0.5, 0.6) is 0 Å². The number of fused-ring (bicyclic) bond motifs is 1. The van der Waals surface area contributed by atoms with E-state index in [-0.39, 0.29) is 35.3 Å². The molecule has 1 aromatic heterocycles. The van der Waals surface area contributed by atoms with Gasteiger partial charge < -0.3 is 15.2 Å². The largest absolute Gasteiger partial charge is 0.352 e. The van der Waals surface area contributed by atoms with Crippen molar-refractivity contribution in [1.29, 1.82) is 0 Å². The van der Waals surface area contributed by atoms with Gasteiger partial charge in [0.15, 0.2) is 9.84 Å². The van der Waals surface area contributed by atoms with E-state index in [2.05, 4.69) is 10.3 Å². The molecule has 0 radical (unpaired) electrons. The molecule has 3 heterocycles. The molecule has 1 aromatic carbocycles. The molecule has 0 unspecified atom stereocenters. The Morgan fingerprint density at radius 3 is 2.74 bits per heavy atom. The Bertz CT molecular complexity index is 949. The van der Waals surface area contributed by atoms with Gasteiger partial charge in [-0.2, -0.15) is 0 Å². The molecular weight excluding hydrogens is 366 g/mol. The molecule has 27 heavy (non-hydrogen) atoms. The second-order valence-electron chi connectivity index (χ2n) is 7.47. The fraction of sp³-hybridized carbons (Fsp3) is 0.474. The van der Waals surface area contributed by atoms with Gasteiger partial charge in [-0.25, -0.2) is 8.42 Å². The number of hydrogen-bond donors (Lipinski definition) is 2. The molecule has 0 bridgehead atoms. The van der Waals surface area contributed by atoms with Gasteiger partial charge in [-0.1, -0.05) is 18.2 Å². The maximum absolute atomic E-state index is 12.9. The summed E-state index contributed by atoms with van der Waals surface area (Å²) in [4.78, 5) is 30.3. The second kappa shape index (κ2) is 6.99. The van der Waals surface area contributed by atoms with Crippen LogP contribution in [0.3, 0.4) is 0 Å². The number of benzene rings is 1. The first-order chi connectivity index (χ1) is 12.9. The van der Waals surface area contributed by atoms with Crippen LogP contribution in [-0.2, 0) is 14.6 Å². The molecule has 2 amide bonds. The minimum Gasteiger partial charge on any atom is -0.352 e. The van der Waals surface area contributed by atoms with E-state index in [1.165, 1.54) is 0 Å². The molecule has 2 aliphatic rings. The van der Waals surface area contributed by atoms with E-state index in [1.807, 2.05) is 30.3 Å². The summed E-state index contributed by atoms with van der Waals surface area (Å²) in [6.07, 6.45) is 1.94. The number of carbonyl (C=O) groups excluding carboxylic acids is 2. The summed E-state index contributed by atoms with van der Waals surface area (Å²) in [5.74, 6) is -0.398. The van der Waals surface area contributed by atoms with Crippen LogP contribution in [0.2, 0.25) is 0 Å². The van der Waals surface area contributed by atoms with Crippen LogP contribution in [0.15, 0.2) is 30.3 Å². The van der Waals surface area contributed by atoms with E-state index in [0.29, 0.717) is 31.6 Å². The number of hydrogen-bond acceptors (Lipinski definition) is 4. The van der Waals surface area contributed by atoms with Crippen molar-refractivity contribution in [2.45, 2.75) is 25.3 Å². The van der Waals surface area contributed by atoms with E-state index >= 15 is 0 Å². The van der Waals surface area contributed by atoms with Gasteiger partial charge >= 0.3 is 0 Å². The molecule has 2 N–H and O–H groups in total. The average molecular weight is 389 g/mol. The van der Waals surface area contributed by atoms with E-state index in [9.17, 15) is 18.0 Å². The Balaban J connectivity index is 1.41. The predicted molar refractivity (Wildman–Crippen MR) is 102 cm³/mol. The topological polar surface area (TPSA) is 99.3 Å². The number of H-pyrrole nitrogens is 1. The van der Waals surface area contributed by atoms with E-state index < -0.39 is 9.84 Å². The number of piperidine rings is 1. The molecule has 2 atom stereocenters. The van der Waals surface area contributed by atoms with Crippen LogP contribution in [0.1, 0.15) is 29.8 Å². The summed E-state index contributed by atoms with van der Waals surface area (Å²) in [6.45, 7) is 0.981. The van der Waals surface area contributed by atoms with Crippen molar-refractivity contribution in [2.75, 3.05) is 24.6 Å². The number of amides is 2. The smallest absolute Gasteiger partial charge is 0.270 e. The normalized spacial score (nSPS) is 24.8. The zero-order valence-corrected chi connectivity index (χ0v) is 15.8. The van der Waals surface area contributed by atoms with E-state index in [4.69, 9.17) is 0 Å². The zero-order chi connectivity index (χ0) is 19.0. The van der Waals surface area contributed by atoms with Crippen LogP contribution < -0.4 is 5.32 Å². The monoisotopic (exact) mass is 389 g/mol. The summed E-state index contributed by atoms with van der Waals surface area (Å²) in [6, 6.07) is 9.25. The number of likely N-dealkylation sites (tertiary alicyclic amines) is 1. The minimum atomic E-state index is -3.03. The highest BCUT2D eigenvalue weighted by atomic mass is 32.2. The molecule has 144 valence electrons. The van der Waals surface area contributed by atoms with Crippen molar-refractivity contribution in [1.82, 2.24) is 15.2 Å². The van der Waals surface area contributed by atoms with Crippen molar-refractivity contribution in [2.24, 2.45) is 5.92 Å². The first-order valence-electron chi connectivity index (χ1n) is 9.29. The quantitative estimate of drug-likeness (QED) is 0.827. The van der Waals surface area contributed by atoms with E-state index in [1.54, 1.807) is 4.90 Å². The van der Waals surface area contributed by atoms with Gasteiger partial charge in [-0.05, 0) is 31.4 Å². The number of nitrogens with zero attached hydrogens (tertiary/aromatic N) is 1. The zero-order valence-electron chi connectivity index (χ0n) is 15.0. The number of para-hydroxylation sites is 1. The van der Waals surface area contributed by atoms with Crippen molar-refractivity contribution >= 4 is 32.6 Å². The van der Waals surface area contributed by atoms with Gasteiger partial charge in [0.25, 0.3) is 5.91 Å². The third kappa shape index (κ3) is 3.85. The molecule has 2 fully saturated rings. The SMILES string of the molecule is O=C(N[C@@H]1CCS(=O)(=O)C1)[C@@H]1CCCN(C(=O)c2cc3ccccc3[nH]2)C1. The summed E-state index contributed by atoms with van der Waals surface area (Å²) < 4.78 is 23.1. The first kappa shape index (κ1) is 18.0. The third-order valence-electron chi connectivity index (χ3n) is 5.42. The van der Waals surface area contributed by atoms with Gasteiger partial charge in [0.05, 0.1) is 17.4 Å². The maximum atomic E-state index is 12.9. The molecule has 0 spiro atoms. The summed E-state index contributed by atoms with van der Waals surface area (Å²) >= 11 is 0. The summed E-state index contributed by atoms with van der Waals surface area (Å²) in [7, 11) is -3.03. The van der Waals surface area contributed by atoms with Crippen molar-refractivity contribution in [3.63, 3.8) is 0 Å². The fourth-order valence-electron chi connectivity index (χ4n) is 3.96. The standard InChI is InChI=1S/C19H23N3O4S/c23-18(20-15-7-9-27(25,26)12-15)14-5-3-8-22(11-14)19(24)17-10-13-4-1-2-6-16(13)21-17/h1-2,4,6,10,14-15,21H,3,5,7-9,11-12H2,(H,20,23)/t14-,15-/m1/s1. The van der Waals surface area contributed by atoms with Crippen LogP contribution in [-0.4, -0.2) is 60.8 Å². The summed E-state index contributed by atoms with van der Waals surface area (Å²) in [5.41, 5.74) is 1.44. The lowest BCUT2D eigenvalue weighted by atomic mass is 9.96. The number of rotatable bonds is 3. The predicted octanol–water partition coefficient (Wildman–Crippen LogP) is 1.32. The minimum absolute atomic E-state index is 0.0170. The highest BCUT2D eigenvalue weighted by Crippen LogP contribution is 2.22. The molecule has 4 rings (SSSR count). The van der Waals surface area contributed by atoms with Crippen molar-refractivity contribution < 1.29 is 18.0 Å². The van der Waals surface area contributed by atoms with Crippen LogP contribution in [0, 0.1) is 5.92 Å². The highest BCUT2D eigenvalue weighted by molar-refractivity contribution is 7.91. The third-order valence-corrected chi connectivity index (χ3v) is 7.19. The average Bonchev–Trinajstić information content (AvgIpc) is 3.24. The van der Waals surface area contributed by atoms with Crippen LogP contribution in [0.25, 0.3) is 10.9 Å². The van der Waals surface area contributed by atoms with Crippen molar-refractivity contribution in [3.05, 3.63) is 36.0 Å². The molecule has 7 nitrogen and oxygen atoms in total. The first-order valence-corrected chi connectivity index (χ1v) is 11.1. The van der Waals surface area contributed by atoms with Gasteiger partial charge in [0.2, 0.25) is 5.91 Å². The number of aromatic nitrogens is 1. The Hall–Kier alpha value is -2.35. The molecule has 8 heteroatoms. The lowest BCUT2D eigenvalue weighted by molar-refractivity contribution is -0.126. The van der Waals surface area contributed by atoms with Crippen LogP contribution >= 0.6 is 0 Å². The molecular formula is C19H23N3O4S. The van der Waals surface area contributed by atoms with Gasteiger partial charge in [0, 0.05) is 30.0 Å². The van der Waals surface area contributed by atoms with E-state index in [0.717, 1.165) is 17.3 Å². The summed E-state index contributed by atoms with van der Waals surface area (Å²) in [5, 5.41) is 3.84. The Morgan fingerprint density at radius 2 is 2.00 bits per heavy atom. The maximum Gasteiger partial charge on any atom is 0.270 e. The number of carbonyl (C=O) groups is 2. The molecule has 2 aliphatic heterocycles. The Labute approximate surface area is 158 Å². The second-order valence-corrected chi connectivity index (χ2v) is 9.70.